The molecule has 0 atom stereocenters. The summed E-state index contributed by atoms with van der Waals surface area (Å²) >= 11 is 0. The molecule has 68 heavy (non-hydrogen) atoms. The highest BCUT2D eigenvalue weighted by molar-refractivity contribution is 5.97. The lowest BCUT2D eigenvalue weighted by Gasteiger charge is -2.35. The summed E-state index contributed by atoms with van der Waals surface area (Å²) in [5.74, 6) is 5.11. The van der Waals surface area contributed by atoms with Crippen LogP contribution in [0, 0.1) is 24.7 Å². The van der Waals surface area contributed by atoms with E-state index in [1.54, 1.807) is 72.8 Å². The number of hydrogen-bond acceptors (Lipinski definition) is 8. The van der Waals surface area contributed by atoms with Crippen molar-refractivity contribution in [2.45, 2.75) is 11.8 Å². The molecule has 4 aromatic heterocycles. The fourth-order valence-electron chi connectivity index (χ4n) is 10.2. The normalized spacial score (nSPS) is 14.0. The molecule has 320 valence electrons. The van der Waals surface area contributed by atoms with Gasteiger partial charge in [0, 0.05) is 11.1 Å². The topological polar surface area (TPSA) is 131 Å². The van der Waals surface area contributed by atoms with Crippen molar-refractivity contribution in [2.75, 3.05) is 0 Å². The van der Waals surface area contributed by atoms with Gasteiger partial charge in [0.1, 0.15) is 0 Å². The van der Waals surface area contributed by atoms with Crippen molar-refractivity contribution < 1.29 is 17.7 Å². The van der Waals surface area contributed by atoms with Gasteiger partial charge in [0.15, 0.2) is 44.7 Å². The number of benzene rings is 7. The molecule has 0 radical (unpaired) electrons. The molecule has 2 aliphatic carbocycles. The van der Waals surface area contributed by atoms with Crippen molar-refractivity contribution >= 4 is 71.8 Å². The Hall–Kier alpha value is -9.64. The van der Waals surface area contributed by atoms with E-state index in [1.807, 2.05) is 60.7 Å². The van der Waals surface area contributed by atoms with Crippen LogP contribution in [0.3, 0.4) is 0 Å². The summed E-state index contributed by atoms with van der Waals surface area (Å²) in [4.78, 5) is 55.1. The molecular weight excluding hydrogens is 853 g/mol. The van der Waals surface area contributed by atoms with Crippen LogP contribution in [0.1, 0.15) is 39.8 Å². The molecule has 4 heterocycles. The van der Waals surface area contributed by atoms with Gasteiger partial charge in [-0.15, -0.1) is 12.8 Å². The molecule has 7 aromatic carbocycles. The van der Waals surface area contributed by atoms with Crippen LogP contribution in [-0.2, 0) is 5.41 Å². The van der Waals surface area contributed by atoms with Crippen LogP contribution in [0.5, 0.6) is 0 Å². The maximum absolute atomic E-state index is 13.8. The monoisotopic (exact) mass is 882 g/mol. The first-order valence-electron chi connectivity index (χ1n) is 21.7. The second-order valence-electron chi connectivity index (χ2n) is 16.9. The third kappa shape index (κ3) is 5.37. The summed E-state index contributed by atoms with van der Waals surface area (Å²) in [5, 5.41) is 0.786. The molecule has 0 unspecified atom stereocenters. The number of fused-ring (bicyclic) bond motifs is 8. The van der Waals surface area contributed by atoms with Gasteiger partial charge in [0.05, 0.1) is 38.3 Å². The highest BCUT2D eigenvalue weighted by atomic mass is 16.4. The van der Waals surface area contributed by atoms with Crippen molar-refractivity contribution in [1.82, 2.24) is 9.13 Å². The van der Waals surface area contributed by atoms with Crippen LogP contribution in [-0.4, -0.2) is 9.13 Å². The molecule has 2 aliphatic rings. The Morgan fingerprint density at radius 3 is 1.35 bits per heavy atom. The van der Waals surface area contributed by atoms with E-state index in [-0.39, 0.29) is 32.7 Å². The molecule has 0 fully saturated rings. The molecule has 10 heteroatoms. The van der Waals surface area contributed by atoms with Gasteiger partial charge >= 0.3 is 0 Å². The zero-order valence-corrected chi connectivity index (χ0v) is 35.5. The zero-order valence-electron chi connectivity index (χ0n) is 35.5. The number of aromatic nitrogens is 2. The predicted octanol–water partition coefficient (Wildman–Crippen LogP) is 10.6. The number of allylic oxidation sites excluding steroid dienone is 6. The Morgan fingerprint density at radius 1 is 0.471 bits per heavy atom. The van der Waals surface area contributed by atoms with E-state index >= 15 is 0 Å². The lowest BCUT2D eigenvalue weighted by atomic mass is 9.66. The van der Waals surface area contributed by atoms with Crippen LogP contribution < -0.4 is 22.2 Å². The van der Waals surface area contributed by atoms with E-state index in [9.17, 15) is 19.2 Å². The van der Waals surface area contributed by atoms with Crippen molar-refractivity contribution in [1.29, 1.82) is 0 Å². The van der Waals surface area contributed by atoms with Crippen LogP contribution in [0.25, 0.3) is 83.2 Å². The van der Waals surface area contributed by atoms with Gasteiger partial charge in [0.2, 0.25) is 0 Å². The summed E-state index contributed by atoms with van der Waals surface area (Å²) in [7, 11) is 0. The summed E-state index contributed by atoms with van der Waals surface area (Å²) in [6, 6.07) is 39.5. The number of rotatable bonds is 4. The van der Waals surface area contributed by atoms with E-state index in [4.69, 9.17) is 30.5 Å². The number of nitrogens with zero attached hydrogens (tertiary/aromatic N) is 2. The molecule has 11 aromatic rings. The van der Waals surface area contributed by atoms with E-state index in [0.29, 0.717) is 62.4 Å². The predicted molar refractivity (Wildman–Crippen MR) is 263 cm³/mol. The summed E-state index contributed by atoms with van der Waals surface area (Å²) in [5.41, 5.74) is 8.07. The molecule has 10 nitrogen and oxygen atoms in total. The highest BCUT2D eigenvalue weighted by Gasteiger charge is 2.47. The summed E-state index contributed by atoms with van der Waals surface area (Å²) in [6.07, 6.45) is 20.1. The molecule has 0 spiro atoms. The minimum atomic E-state index is -0.933. The second kappa shape index (κ2) is 14.2. The van der Waals surface area contributed by atoms with E-state index in [1.165, 1.54) is 0 Å². The number of terminal acetylenes is 2. The van der Waals surface area contributed by atoms with Crippen LogP contribution >= 0.6 is 0 Å². The lowest BCUT2D eigenvalue weighted by molar-refractivity contribution is 0.579. The Labute approximate surface area is 383 Å². The molecule has 0 bridgehead atoms. The van der Waals surface area contributed by atoms with Gasteiger partial charge in [-0.25, -0.2) is 9.13 Å². The van der Waals surface area contributed by atoms with Gasteiger partial charge in [0.25, 0.3) is 22.2 Å². The zero-order chi connectivity index (χ0) is 46.0. The van der Waals surface area contributed by atoms with Gasteiger partial charge in [-0.1, -0.05) is 72.5 Å². The minimum Gasteiger partial charge on any atom is -0.449 e. The van der Waals surface area contributed by atoms with Gasteiger partial charge in [-0.2, -0.15) is 0 Å². The van der Waals surface area contributed by atoms with E-state index in [0.717, 1.165) is 42.5 Å². The standard InChI is InChI=1S/C58H30N2O8/c1-3-32-14-20-36(21-15-32)59-54(61)40-28-50-52(30-42(40)56(59)63)67-48-26-34(18-24-46(48)65-50)58(44-12-7-5-6-10-38(44)39-11-8-9-13-45(39)58)35-19-25-47-49(27-35)68-53-31-43-41(29-51(53)66-47)55(62)60(57(43)64)37-22-16-33(4-2)17-23-37/h1-2,5-9,11-31H,10H2. The molecular formula is C58H30N2O8. The Morgan fingerprint density at radius 2 is 0.897 bits per heavy atom. The average Bonchev–Trinajstić information content (AvgIpc) is 3.76. The largest absolute Gasteiger partial charge is 0.449 e. The van der Waals surface area contributed by atoms with Gasteiger partial charge < -0.3 is 17.7 Å². The SMILES string of the molecule is C#Cc1ccc(-n2c(=O)c3cc4oc5ccc(C6(c7ccc8oc9cc%10c(=O)n(-c%11ccc(C#C)cc%11)c(=O)c%10cc9oc8c7)C7=C(CC=CC=C7)c7ccccc76)cc5oc4cc3c2=O)cc1. The fraction of sp³-hybridized carbons (Fsp3) is 0.0345. The van der Waals surface area contributed by atoms with Crippen molar-refractivity contribution in [3.63, 3.8) is 0 Å². The summed E-state index contributed by atoms with van der Waals surface area (Å²) in [6.45, 7) is 0. The first-order valence-corrected chi connectivity index (χ1v) is 21.7. The summed E-state index contributed by atoms with van der Waals surface area (Å²) < 4.78 is 28.4. The Kier molecular flexibility index (Phi) is 8.09. The smallest absolute Gasteiger partial charge is 0.266 e. The third-order valence-corrected chi connectivity index (χ3v) is 13.3. The average molecular weight is 883 g/mol. The number of hydrogen-bond donors (Lipinski definition) is 0. The van der Waals surface area contributed by atoms with Crippen LogP contribution in [0.4, 0.5) is 0 Å². The molecule has 13 rings (SSSR count). The molecule has 0 N–H and O–H groups in total. The maximum Gasteiger partial charge on any atom is 0.266 e. The third-order valence-electron chi connectivity index (χ3n) is 13.3. The van der Waals surface area contributed by atoms with Crippen molar-refractivity contribution in [2.24, 2.45) is 0 Å². The Bertz CT molecular complexity index is 4270. The van der Waals surface area contributed by atoms with Gasteiger partial charge in [-0.3, -0.25) is 19.2 Å². The van der Waals surface area contributed by atoms with Crippen molar-refractivity contribution in [3.05, 3.63) is 238 Å². The second-order valence-corrected chi connectivity index (χ2v) is 16.9. The first-order chi connectivity index (χ1) is 33.2. The Balaban J connectivity index is 1.01. The van der Waals surface area contributed by atoms with Crippen LogP contribution in [0.15, 0.2) is 200 Å². The van der Waals surface area contributed by atoms with Crippen LogP contribution in [0.2, 0.25) is 0 Å². The fourth-order valence-corrected chi connectivity index (χ4v) is 10.2. The first kappa shape index (κ1) is 38.8. The molecule has 0 aliphatic heterocycles. The minimum absolute atomic E-state index is 0.191. The lowest BCUT2D eigenvalue weighted by Crippen LogP contribution is -2.29. The van der Waals surface area contributed by atoms with Gasteiger partial charge in [-0.05, 0) is 137 Å². The highest BCUT2D eigenvalue weighted by Crippen LogP contribution is 2.57. The molecule has 0 amide bonds. The van der Waals surface area contributed by atoms with E-state index in [2.05, 4.69) is 36.1 Å². The molecule has 0 saturated carbocycles. The quantitative estimate of drug-likeness (QED) is 0.126. The van der Waals surface area contributed by atoms with Crippen molar-refractivity contribution in [3.8, 4) is 36.1 Å². The van der Waals surface area contributed by atoms with E-state index < -0.39 is 27.7 Å². The molecule has 0 saturated heterocycles. The maximum atomic E-state index is 13.8.